The Kier molecular flexibility index (Phi) is 4.56. The first-order chi connectivity index (χ1) is 9.34. The standard InChI is InChI=1S/C14H26N2O4/c1-8(2)18-7-14-6-15-13(17)16-11(10(5)20-14)12(14)19-9(3)4/h8-12H,6-7H2,1-5H3,(H2,15,16,17)/t10-,11?,12+,14+/m0/s1. The maximum Gasteiger partial charge on any atom is 0.315 e. The first-order valence-electron chi connectivity index (χ1n) is 7.33. The summed E-state index contributed by atoms with van der Waals surface area (Å²) in [5.41, 5.74) is -0.627. The maximum atomic E-state index is 11.8. The zero-order valence-electron chi connectivity index (χ0n) is 12.9. The Balaban J connectivity index is 2.24. The summed E-state index contributed by atoms with van der Waals surface area (Å²) in [5.74, 6) is 0. The number of nitrogens with one attached hydrogen (secondary N) is 2. The second-order valence-electron chi connectivity index (χ2n) is 6.21. The number of rotatable bonds is 5. The van der Waals surface area contributed by atoms with Gasteiger partial charge in [-0.3, -0.25) is 0 Å². The average molecular weight is 286 g/mol. The molecule has 1 unspecified atom stereocenters. The van der Waals surface area contributed by atoms with Gasteiger partial charge < -0.3 is 24.8 Å². The topological polar surface area (TPSA) is 68.8 Å². The molecular formula is C14H26N2O4. The molecule has 0 aromatic heterocycles. The Labute approximate surface area is 120 Å². The Hall–Kier alpha value is -0.850. The molecule has 2 aliphatic heterocycles. The molecule has 0 aromatic carbocycles. The molecule has 0 radical (unpaired) electrons. The molecule has 116 valence electrons. The van der Waals surface area contributed by atoms with E-state index in [1.165, 1.54) is 0 Å². The first kappa shape index (κ1) is 15.5. The van der Waals surface area contributed by atoms with Crippen LogP contribution in [0.25, 0.3) is 0 Å². The van der Waals surface area contributed by atoms with Crippen LogP contribution in [0.15, 0.2) is 0 Å². The molecule has 2 bridgehead atoms. The van der Waals surface area contributed by atoms with E-state index >= 15 is 0 Å². The van der Waals surface area contributed by atoms with Crippen LogP contribution in [0.1, 0.15) is 34.6 Å². The predicted octanol–water partition coefficient (Wildman–Crippen LogP) is 1.04. The fourth-order valence-corrected chi connectivity index (χ4v) is 2.83. The summed E-state index contributed by atoms with van der Waals surface area (Å²) in [6.07, 6.45) is -0.144. The van der Waals surface area contributed by atoms with Gasteiger partial charge in [0.05, 0.1) is 37.5 Å². The largest absolute Gasteiger partial charge is 0.376 e. The first-order valence-corrected chi connectivity index (χ1v) is 7.33. The minimum atomic E-state index is -0.627. The molecule has 2 rings (SSSR count). The molecule has 2 N–H and O–H groups in total. The number of carbonyl (C=O) groups excluding carboxylic acids is 1. The molecule has 2 fully saturated rings. The molecule has 0 aromatic rings. The number of carbonyl (C=O) groups is 1. The van der Waals surface area contributed by atoms with Gasteiger partial charge in [0.2, 0.25) is 0 Å². The van der Waals surface area contributed by atoms with Crippen molar-refractivity contribution >= 4 is 6.03 Å². The quantitative estimate of drug-likeness (QED) is 0.792. The van der Waals surface area contributed by atoms with E-state index < -0.39 is 5.60 Å². The third kappa shape index (κ3) is 3.07. The van der Waals surface area contributed by atoms with Gasteiger partial charge in [0.15, 0.2) is 0 Å². The summed E-state index contributed by atoms with van der Waals surface area (Å²) in [7, 11) is 0. The summed E-state index contributed by atoms with van der Waals surface area (Å²) in [4.78, 5) is 11.8. The van der Waals surface area contributed by atoms with Crippen LogP contribution < -0.4 is 10.6 Å². The summed E-state index contributed by atoms with van der Waals surface area (Å²) < 4.78 is 18.0. The van der Waals surface area contributed by atoms with Crippen LogP contribution in [-0.2, 0) is 14.2 Å². The van der Waals surface area contributed by atoms with E-state index in [9.17, 15) is 4.79 Å². The fourth-order valence-electron chi connectivity index (χ4n) is 2.83. The minimum absolute atomic E-state index is 0.0600. The normalized spacial score (nSPS) is 37.0. The highest BCUT2D eigenvalue weighted by molar-refractivity contribution is 5.75. The molecule has 2 heterocycles. The molecule has 20 heavy (non-hydrogen) atoms. The lowest BCUT2D eigenvalue weighted by molar-refractivity contribution is -0.150. The summed E-state index contributed by atoms with van der Waals surface area (Å²) in [6, 6.07) is -0.329. The van der Waals surface area contributed by atoms with Crippen molar-refractivity contribution in [2.45, 2.75) is 70.7 Å². The van der Waals surface area contributed by atoms with Gasteiger partial charge in [0, 0.05) is 0 Å². The van der Waals surface area contributed by atoms with E-state index in [0.717, 1.165) is 0 Å². The fraction of sp³-hybridized carbons (Fsp3) is 0.929. The molecule has 2 saturated heterocycles. The van der Waals surface area contributed by atoms with Crippen molar-refractivity contribution in [1.29, 1.82) is 0 Å². The highest BCUT2D eigenvalue weighted by Crippen LogP contribution is 2.36. The number of fused-ring (bicyclic) bond motifs is 2. The molecule has 2 amide bonds. The van der Waals surface area contributed by atoms with Crippen LogP contribution in [0.2, 0.25) is 0 Å². The van der Waals surface area contributed by atoms with Crippen LogP contribution in [0.4, 0.5) is 4.79 Å². The lowest BCUT2D eigenvalue weighted by Gasteiger charge is -2.35. The van der Waals surface area contributed by atoms with E-state index in [4.69, 9.17) is 14.2 Å². The van der Waals surface area contributed by atoms with Gasteiger partial charge in [-0.15, -0.1) is 0 Å². The van der Waals surface area contributed by atoms with E-state index in [1.54, 1.807) is 0 Å². The highest BCUT2D eigenvalue weighted by atomic mass is 16.6. The van der Waals surface area contributed by atoms with E-state index in [-0.39, 0.29) is 36.5 Å². The second kappa shape index (κ2) is 5.87. The molecule has 6 nitrogen and oxygen atoms in total. The van der Waals surface area contributed by atoms with Gasteiger partial charge >= 0.3 is 6.03 Å². The summed E-state index contributed by atoms with van der Waals surface area (Å²) in [6.45, 7) is 10.7. The smallest absolute Gasteiger partial charge is 0.315 e. The molecule has 0 spiro atoms. The zero-order valence-corrected chi connectivity index (χ0v) is 12.9. The Morgan fingerprint density at radius 3 is 2.65 bits per heavy atom. The van der Waals surface area contributed by atoms with E-state index in [2.05, 4.69) is 10.6 Å². The zero-order chi connectivity index (χ0) is 14.9. The maximum absolute atomic E-state index is 11.8. The number of hydrogen-bond donors (Lipinski definition) is 2. The van der Waals surface area contributed by atoms with Crippen LogP contribution in [0.5, 0.6) is 0 Å². The minimum Gasteiger partial charge on any atom is -0.376 e. The number of amides is 2. The predicted molar refractivity (Wildman–Crippen MR) is 74.7 cm³/mol. The number of hydrogen-bond acceptors (Lipinski definition) is 4. The lowest BCUT2D eigenvalue weighted by atomic mass is 9.93. The third-order valence-corrected chi connectivity index (χ3v) is 3.70. The van der Waals surface area contributed by atoms with Crippen LogP contribution in [-0.4, -0.2) is 55.2 Å². The van der Waals surface area contributed by atoms with Crippen molar-refractivity contribution in [3.63, 3.8) is 0 Å². The summed E-state index contributed by atoms with van der Waals surface area (Å²) >= 11 is 0. The van der Waals surface area contributed by atoms with Gasteiger partial charge in [-0.05, 0) is 34.6 Å². The molecular weight excluding hydrogens is 260 g/mol. The average Bonchev–Trinajstić information content (AvgIpc) is 2.49. The van der Waals surface area contributed by atoms with Gasteiger partial charge in [0.1, 0.15) is 11.7 Å². The van der Waals surface area contributed by atoms with Crippen LogP contribution >= 0.6 is 0 Å². The Bertz CT molecular complexity index is 361. The van der Waals surface area contributed by atoms with Crippen molar-refractivity contribution in [3.8, 4) is 0 Å². The van der Waals surface area contributed by atoms with Gasteiger partial charge in [0.25, 0.3) is 0 Å². The molecule has 6 heteroatoms. The van der Waals surface area contributed by atoms with E-state index in [0.29, 0.717) is 13.2 Å². The van der Waals surface area contributed by atoms with Gasteiger partial charge in [-0.25, -0.2) is 4.79 Å². The van der Waals surface area contributed by atoms with E-state index in [1.807, 2.05) is 34.6 Å². The van der Waals surface area contributed by atoms with Crippen molar-refractivity contribution in [1.82, 2.24) is 10.6 Å². The Morgan fingerprint density at radius 2 is 2.05 bits per heavy atom. The number of ether oxygens (including phenoxy) is 3. The number of urea groups is 1. The van der Waals surface area contributed by atoms with Crippen LogP contribution in [0, 0.1) is 0 Å². The lowest BCUT2D eigenvalue weighted by Crippen LogP contribution is -2.54. The van der Waals surface area contributed by atoms with Crippen molar-refractivity contribution in [2.75, 3.05) is 13.2 Å². The van der Waals surface area contributed by atoms with Crippen LogP contribution in [0.3, 0.4) is 0 Å². The molecule has 0 aliphatic carbocycles. The SMILES string of the molecule is CC(C)OC[C@@]12CNC(=O)NC([C@H](C)O1)[C@H]2OC(C)C. The van der Waals surface area contributed by atoms with Gasteiger partial charge in [-0.2, -0.15) is 0 Å². The second-order valence-corrected chi connectivity index (χ2v) is 6.21. The Morgan fingerprint density at radius 1 is 1.35 bits per heavy atom. The molecule has 0 saturated carbocycles. The monoisotopic (exact) mass is 286 g/mol. The summed E-state index contributed by atoms with van der Waals surface area (Å²) in [5, 5.41) is 5.76. The van der Waals surface area contributed by atoms with Crippen molar-refractivity contribution in [2.24, 2.45) is 0 Å². The van der Waals surface area contributed by atoms with Gasteiger partial charge in [-0.1, -0.05) is 0 Å². The van der Waals surface area contributed by atoms with Crippen molar-refractivity contribution in [3.05, 3.63) is 0 Å². The third-order valence-electron chi connectivity index (χ3n) is 3.70. The van der Waals surface area contributed by atoms with Crippen molar-refractivity contribution < 1.29 is 19.0 Å². The highest BCUT2D eigenvalue weighted by Gasteiger charge is 2.57. The molecule has 4 atom stereocenters. The molecule has 2 aliphatic rings.